The maximum Gasteiger partial charge on any atom is 0.300 e. The van der Waals surface area contributed by atoms with Crippen molar-refractivity contribution in [2.45, 2.75) is 6.17 Å². The van der Waals surface area contributed by atoms with Gasteiger partial charge in [0, 0.05) is 16.7 Å². The molecule has 0 bridgehead atoms. The van der Waals surface area contributed by atoms with Crippen LogP contribution in [-0.2, 0) is 0 Å². The summed E-state index contributed by atoms with van der Waals surface area (Å²) in [6.07, 6.45) is -0.695. The number of benzene rings is 3. The quantitative estimate of drug-likeness (QED) is 0.468. The minimum atomic E-state index is -0.695. The van der Waals surface area contributed by atoms with Crippen LogP contribution in [0.4, 0.5) is 10.1 Å². The topological polar surface area (TPSA) is 86.6 Å². The molecule has 3 aromatic carbocycles. The first-order chi connectivity index (χ1) is 16.5. The highest BCUT2D eigenvalue weighted by Gasteiger charge is 2.47. The van der Waals surface area contributed by atoms with E-state index in [0.29, 0.717) is 45.3 Å². The second-order valence-corrected chi connectivity index (χ2v) is 7.87. The molecule has 3 heterocycles. The van der Waals surface area contributed by atoms with Crippen molar-refractivity contribution in [3.05, 3.63) is 88.0 Å². The smallest absolute Gasteiger partial charge is 0.300 e. The zero-order valence-corrected chi connectivity index (χ0v) is 18.2. The van der Waals surface area contributed by atoms with Crippen LogP contribution in [0.25, 0.3) is 22.6 Å². The molecule has 168 valence electrons. The van der Waals surface area contributed by atoms with Crippen LogP contribution in [-0.4, -0.2) is 34.9 Å². The van der Waals surface area contributed by atoms with Gasteiger partial charge in [0.25, 0.3) is 11.5 Å². The standard InChI is InChI=1S/C25H17FN4O4/c1-33-18-12-11-16-19(21(18)34-2)25(32)29-17-6-4-3-5-15(17)22-27-23(31)20(28-30(22)24(16)29)13-7-9-14(26)10-8-13/h3-12,24H,1-2H3. The highest BCUT2D eigenvalue weighted by Crippen LogP contribution is 2.50. The van der Waals surface area contributed by atoms with E-state index in [-0.39, 0.29) is 11.6 Å². The Balaban J connectivity index is 1.67. The average molecular weight is 456 g/mol. The number of fused-ring (bicyclic) bond motifs is 8. The Hall–Kier alpha value is -4.53. The number of hydrogen-bond acceptors (Lipinski definition) is 6. The van der Waals surface area contributed by atoms with E-state index in [1.165, 1.54) is 38.5 Å². The second-order valence-electron chi connectivity index (χ2n) is 7.87. The molecule has 8 nitrogen and oxygen atoms in total. The molecule has 1 amide bonds. The number of hydrogen-bond donors (Lipinski definition) is 0. The summed E-state index contributed by atoms with van der Waals surface area (Å²) >= 11 is 0. The van der Waals surface area contributed by atoms with Crippen molar-refractivity contribution in [3.63, 3.8) is 0 Å². The molecule has 34 heavy (non-hydrogen) atoms. The molecule has 1 unspecified atom stereocenters. The Bertz CT molecular complexity index is 1550. The Labute approximate surface area is 192 Å². The number of carbonyl (C=O) groups excluding carboxylic acids is 1. The molecular weight excluding hydrogens is 439 g/mol. The molecule has 0 fully saturated rings. The molecule has 0 N–H and O–H groups in total. The molecule has 1 aromatic heterocycles. The first kappa shape index (κ1) is 20.1. The molecule has 2 aliphatic heterocycles. The summed E-state index contributed by atoms with van der Waals surface area (Å²) in [7, 11) is 2.99. The minimum Gasteiger partial charge on any atom is -0.493 e. The van der Waals surface area contributed by atoms with Crippen LogP contribution in [0.5, 0.6) is 11.5 Å². The lowest BCUT2D eigenvalue weighted by Gasteiger charge is -2.34. The SMILES string of the molecule is COc1ccc2c(c1OC)C(=O)N1c3ccccc3-c3nc(=O)c(-c4ccc(F)cc4)nn3C21. The molecule has 0 aliphatic carbocycles. The number of methoxy groups -OCH3 is 2. The van der Waals surface area contributed by atoms with E-state index >= 15 is 0 Å². The van der Waals surface area contributed by atoms with Crippen LogP contribution in [0.2, 0.25) is 0 Å². The fraction of sp³-hybridized carbons (Fsp3) is 0.120. The van der Waals surface area contributed by atoms with E-state index in [4.69, 9.17) is 9.47 Å². The Morgan fingerprint density at radius 1 is 0.941 bits per heavy atom. The maximum atomic E-state index is 13.7. The van der Waals surface area contributed by atoms with E-state index in [9.17, 15) is 14.0 Å². The van der Waals surface area contributed by atoms with Crippen LogP contribution >= 0.6 is 0 Å². The highest BCUT2D eigenvalue weighted by molar-refractivity contribution is 6.15. The van der Waals surface area contributed by atoms with Gasteiger partial charge in [-0.25, -0.2) is 9.07 Å². The zero-order chi connectivity index (χ0) is 23.6. The van der Waals surface area contributed by atoms with Crippen LogP contribution in [0.3, 0.4) is 0 Å². The van der Waals surface area contributed by atoms with E-state index in [1.807, 2.05) is 6.07 Å². The molecule has 0 saturated carbocycles. The zero-order valence-electron chi connectivity index (χ0n) is 18.2. The number of aromatic nitrogens is 3. The fourth-order valence-corrected chi connectivity index (χ4v) is 4.64. The molecule has 6 rings (SSSR count). The fourth-order valence-electron chi connectivity index (χ4n) is 4.64. The van der Waals surface area contributed by atoms with Crippen molar-refractivity contribution in [3.8, 4) is 34.1 Å². The van der Waals surface area contributed by atoms with Crippen LogP contribution < -0.4 is 19.9 Å². The number of carbonyl (C=O) groups is 1. The van der Waals surface area contributed by atoms with Crippen molar-refractivity contribution in [1.29, 1.82) is 0 Å². The van der Waals surface area contributed by atoms with Gasteiger partial charge >= 0.3 is 0 Å². The number of ether oxygens (including phenoxy) is 2. The van der Waals surface area contributed by atoms with Crippen molar-refractivity contribution in [1.82, 2.24) is 14.8 Å². The molecule has 0 spiro atoms. The van der Waals surface area contributed by atoms with Gasteiger partial charge in [0.15, 0.2) is 29.2 Å². The summed E-state index contributed by atoms with van der Waals surface area (Å²) < 4.78 is 26.0. The third-order valence-electron chi connectivity index (χ3n) is 6.12. The number of nitrogens with zero attached hydrogens (tertiary/aromatic N) is 4. The lowest BCUT2D eigenvalue weighted by molar-refractivity contribution is 0.0983. The second kappa shape index (κ2) is 7.24. The third kappa shape index (κ3) is 2.63. The lowest BCUT2D eigenvalue weighted by atomic mass is 10.0. The van der Waals surface area contributed by atoms with Gasteiger partial charge in [-0.2, -0.15) is 10.1 Å². The Morgan fingerprint density at radius 2 is 1.71 bits per heavy atom. The van der Waals surface area contributed by atoms with Crippen molar-refractivity contribution in [2.24, 2.45) is 0 Å². The highest BCUT2D eigenvalue weighted by atomic mass is 19.1. The van der Waals surface area contributed by atoms with Gasteiger partial charge in [-0.15, -0.1) is 0 Å². The summed E-state index contributed by atoms with van der Waals surface area (Å²) in [5, 5.41) is 4.64. The molecule has 4 aromatic rings. The minimum absolute atomic E-state index is 0.0597. The van der Waals surface area contributed by atoms with Gasteiger partial charge in [-0.3, -0.25) is 14.5 Å². The van der Waals surface area contributed by atoms with Gasteiger partial charge in [0.05, 0.1) is 25.5 Å². The predicted octanol–water partition coefficient (Wildman–Crippen LogP) is 3.65. The summed E-state index contributed by atoms with van der Waals surface area (Å²) in [6.45, 7) is 0. The first-order valence-corrected chi connectivity index (χ1v) is 10.5. The summed E-state index contributed by atoms with van der Waals surface area (Å²) in [6, 6.07) is 16.2. The molecule has 1 atom stereocenters. The number of para-hydroxylation sites is 1. The normalized spacial score (nSPS) is 15.3. The van der Waals surface area contributed by atoms with Crippen LogP contribution in [0.15, 0.2) is 65.5 Å². The van der Waals surface area contributed by atoms with Gasteiger partial charge in [-0.05, 0) is 42.5 Å². The van der Waals surface area contributed by atoms with Crippen molar-refractivity contribution >= 4 is 11.6 Å². The van der Waals surface area contributed by atoms with E-state index in [2.05, 4.69) is 10.1 Å². The predicted molar refractivity (Wildman–Crippen MR) is 122 cm³/mol. The van der Waals surface area contributed by atoms with Gasteiger partial charge in [0.2, 0.25) is 0 Å². The number of anilines is 1. The lowest BCUT2D eigenvalue weighted by Crippen LogP contribution is -2.39. The number of halogens is 1. The van der Waals surface area contributed by atoms with E-state index in [1.54, 1.807) is 39.9 Å². The summed E-state index contributed by atoms with van der Waals surface area (Å²) in [5.74, 6) is 0.388. The molecular formula is C25H17FN4O4. The largest absolute Gasteiger partial charge is 0.493 e. The molecule has 9 heteroatoms. The Kier molecular flexibility index (Phi) is 4.28. The van der Waals surface area contributed by atoms with Gasteiger partial charge < -0.3 is 9.47 Å². The number of amides is 1. The van der Waals surface area contributed by atoms with Crippen LogP contribution in [0.1, 0.15) is 22.1 Å². The van der Waals surface area contributed by atoms with E-state index in [0.717, 1.165) is 0 Å². The summed E-state index contributed by atoms with van der Waals surface area (Å²) in [4.78, 5) is 32.7. The number of rotatable bonds is 3. The monoisotopic (exact) mass is 456 g/mol. The first-order valence-electron chi connectivity index (χ1n) is 10.5. The van der Waals surface area contributed by atoms with E-state index < -0.39 is 17.5 Å². The molecule has 2 aliphatic rings. The van der Waals surface area contributed by atoms with Crippen molar-refractivity contribution < 1.29 is 18.7 Å². The molecule has 0 radical (unpaired) electrons. The summed E-state index contributed by atoms with van der Waals surface area (Å²) in [5.41, 5.74) is 2.15. The maximum absolute atomic E-state index is 13.7. The average Bonchev–Trinajstić information content (AvgIpc) is 3.16. The van der Waals surface area contributed by atoms with Crippen molar-refractivity contribution in [2.75, 3.05) is 19.1 Å². The van der Waals surface area contributed by atoms with Crippen LogP contribution in [0, 0.1) is 5.82 Å². The Morgan fingerprint density at radius 3 is 2.44 bits per heavy atom. The van der Waals surface area contributed by atoms with Gasteiger partial charge in [-0.1, -0.05) is 18.2 Å². The van der Waals surface area contributed by atoms with Gasteiger partial charge in [0.1, 0.15) is 5.82 Å². The molecule has 0 saturated heterocycles. The third-order valence-corrected chi connectivity index (χ3v) is 6.12.